The minimum atomic E-state index is -0.338. The van der Waals surface area contributed by atoms with Crippen molar-refractivity contribution < 1.29 is 4.79 Å². The lowest BCUT2D eigenvalue weighted by Crippen LogP contribution is -2.13. The van der Waals surface area contributed by atoms with Gasteiger partial charge in [0.1, 0.15) is 5.69 Å². The van der Waals surface area contributed by atoms with Crippen LogP contribution in [0, 0.1) is 11.3 Å². The highest BCUT2D eigenvalue weighted by Crippen LogP contribution is 2.20. The van der Waals surface area contributed by atoms with Gasteiger partial charge in [-0.25, -0.2) is 0 Å². The minimum Gasteiger partial charge on any atom is -0.355 e. The maximum Gasteiger partial charge on any atom is 0.274 e. The summed E-state index contributed by atoms with van der Waals surface area (Å²) in [6.45, 7) is 0. The van der Waals surface area contributed by atoms with Crippen LogP contribution in [0.5, 0.6) is 0 Å². The number of amides is 1. The normalized spacial score (nSPS) is 9.92. The Hall–Kier alpha value is -3.17. The van der Waals surface area contributed by atoms with Crippen molar-refractivity contribution in [1.82, 2.24) is 4.98 Å². The number of pyridine rings is 1. The molecule has 0 aliphatic carbocycles. The number of carbonyl (C=O) groups is 1. The average molecular weight is 393 g/mol. The van der Waals surface area contributed by atoms with E-state index in [2.05, 4.69) is 31.5 Å². The average Bonchev–Trinajstić information content (AvgIpc) is 2.64. The summed E-state index contributed by atoms with van der Waals surface area (Å²) in [4.78, 5) is 16.5. The molecule has 0 bridgehead atoms. The van der Waals surface area contributed by atoms with E-state index >= 15 is 0 Å². The predicted molar refractivity (Wildman–Crippen MR) is 101 cm³/mol. The molecule has 3 aromatic rings. The van der Waals surface area contributed by atoms with E-state index in [0.717, 1.165) is 15.8 Å². The Morgan fingerprint density at radius 2 is 1.80 bits per heavy atom. The Labute approximate surface area is 153 Å². The summed E-state index contributed by atoms with van der Waals surface area (Å²) >= 11 is 3.39. The molecule has 0 aliphatic rings. The van der Waals surface area contributed by atoms with Gasteiger partial charge >= 0.3 is 0 Å². The molecule has 0 radical (unpaired) electrons. The summed E-state index contributed by atoms with van der Waals surface area (Å²) in [6.07, 6.45) is 1.57. The zero-order valence-corrected chi connectivity index (χ0v) is 14.6. The van der Waals surface area contributed by atoms with E-state index in [-0.39, 0.29) is 11.6 Å². The fraction of sp³-hybridized carbons (Fsp3) is 0. The van der Waals surface area contributed by atoms with Crippen molar-refractivity contribution in [3.8, 4) is 6.07 Å². The number of rotatable bonds is 4. The summed E-state index contributed by atoms with van der Waals surface area (Å²) in [7, 11) is 0. The van der Waals surface area contributed by atoms with E-state index in [0.29, 0.717) is 11.3 Å². The fourth-order valence-corrected chi connectivity index (χ4v) is 2.46. The van der Waals surface area contributed by atoms with E-state index in [1.165, 1.54) is 0 Å². The lowest BCUT2D eigenvalue weighted by Gasteiger charge is -2.09. The molecule has 2 N–H and O–H groups in total. The first-order valence-electron chi connectivity index (χ1n) is 7.44. The number of nitrogens with zero attached hydrogens (tertiary/aromatic N) is 2. The van der Waals surface area contributed by atoms with Gasteiger partial charge in [-0.1, -0.05) is 22.0 Å². The first-order valence-corrected chi connectivity index (χ1v) is 8.23. The number of hydrogen-bond acceptors (Lipinski definition) is 4. The molecule has 0 unspecified atom stereocenters. The summed E-state index contributed by atoms with van der Waals surface area (Å²) in [5, 5.41) is 14.9. The molecule has 1 aromatic heterocycles. The van der Waals surface area contributed by atoms with E-state index in [9.17, 15) is 4.79 Å². The van der Waals surface area contributed by atoms with E-state index < -0.39 is 0 Å². The maximum absolute atomic E-state index is 12.4. The second-order valence-corrected chi connectivity index (χ2v) is 6.12. The minimum absolute atomic E-state index is 0.282. The number of halogens is 1. The molecule has 25 heavy (non-hydrogen) atoms. The number of nitrogens with one attached hydrogen (secondary N) is 2. The zero-order chi connectivity index (χ0) is 17.6. The first kappa shape index (κ1) is 16.7. The van der Waals surface area contributed by atoms with Gasteiger partial charge in [-0.2, -0.15) is 5.26 Å². The van der Waals surface area contributed by atoms with E-state index in [4.69, 9.17) is 5.26 Å². The van der Waals surface area contributed by atoms with Gasteiger partial charge < -0.3 is 10.6 Å². The molecular weight excluding hydrogens is 380 g/mol. The van der Waals surface area contributed by atoms with Gasteiger partial charge in [0.25, 0.3) is 5.91 Å². The van der Waals surface area contributed by atoms with Crippen LogP contribution in [0.3, 0.4) is 0 Å². The molecule has 6 heteroatoms. The van der Waals surface area contributed by atoms with Gasteiger partial charge in [0.05, 0.1) is 11.6 Å². The van der Waals surface area contributed by atoms with Gasteiger partial charge in [0.2, 0.25) is 0 Å². The summed E-state index contributed by atoms with van der Waals surface area (Å²) in [6, 6.07) is 19.9. The molecule has 1 amide bonds. The Balaban J connectivity index is 1.75. The van der Waals surface area contributed by atoms with Crippen LogP contribution in [-0.4, -0.2) is 10.9 Å². The monoisotopic (exact) mass is 392 g/mol. The number of anilines is 3. The third-order valence-corrected chi connectivity index (χ3v) is 3.90. The molecule has 122 valence electrons. The van der Waals surface area contributed by atoms with Crippen molar-refractivity contribution >= 4 is 38.9 Å². The van der Waals surface area contributed by atoms with Crippen LogP contribution in [0.15, 0.2) is 71.3 Å². The Kier molecular flexibility index (Phi) is 5.07. The van der Waals surface area contributed by atoms with E-state index in [1.54, 1.807) is 42.6 Å². The second kappa shape index (κ2) is 7.60. The van der Waals surface area contributed by atoms with Crippen LogP contribution < -0.4 is 10.6 Å². The number of aromatic nitrogens is 1. The topological polar surface area (TPSA) is 77.8 Å². The molecule has 1 heterocycles. The van der Waals surface area contributed by atoms with Crippen LogP contribution >= 0.6 is 15.9 Å². The maximum atomic E-state index is 12.4. The molecule has 2 aromatic carbocycles. The Bertz CT molecular complexity index is 948. The van der Waals surface area contributed by atoms with Crippen LogP contribution in [0.4, 0.5) is 17.1 Å². The molecule has 3 rings (SSSR count). The Morgan fingerprint density at radius 3 is 2.56 bits per heavy atom. The lowest BCUT2D eigenvalue weighted by molar-refractivity contribution is 0.102. The molecular formula is C19H13BrN4O. The lowest BCUT2D eigenvalue weighted by atomic mass is 10.2. The number of hydrogen-bond donors (Lipinski definition) is 2. The van der Waals surface area contributed by atoms with Crippen LogP contribution in [0.2, 0.25) is 0 Å². The molecule has 0 saturated heterocycles. The number of nitriles is 1. The highest BCUT2D eigenvalue weighted by Gasteiger charge is 2.09. The van der Waals surface area contributed by atoms with Gasteiger partial charge in [0.15, 0.2) is 0 Å². The fourth-order valence-electron chi connectivity index (χ4n) is 2.19. The van der Waals surface area contributed by atoms with Crippen LogP contribution in [0.1, 0.15) is 16.1 Å². The molecule has 0 aliphatic heterocycles. The number of carbonyl (C=O) groups excluding carboxylic acids is 1. The molecule has 0 spiro atoms. The molecule has 0 fully saturated rings. The van der Waals surface area contributed by atoms with Crippen molar-refractivity contribution in [1.29, 1.82) is 5.26 Å². The Morgan fingerprint density at radius 1 is 1.00 bits per heavy atom. The molecule has 5 nitrogen and oxygen atoms in total. The van der Waals surface area contributed by atoms with Crippen LogP contribution in [0.25, 0.3) is 0 Å². The second-order valence-electron chi connectivity index (χ2n) is 5.21. The van der Waals surface area contributed by atoms with Crippen molar-refractivity contribution in [2.24, 2.45) is 0 Å². The third-order valence-electron chi connectivity index (χ3n) is 3.38. The zero-order valence-electron chi connectivity index (χ0n) is 13.0. The van der Waals surface area contributed by atoms with E-state index in [1.807, 2.05) is 30.3 Å². The van der Waals surface area contributed by atoms with Gasteiger partial charge in [-0.15, -0.1) is 0 Å². The van der Waals surface area contributed by atoms with Crippen molar-refractivity contribution in [2.75, 3.05) is 10.6 Å². The van der Waals surface area contributed by atoms with Gasteiger partial charge in [-0.3, -0.25) is 9.78 Å². The highest BCUT2D eigenvalue weighted by molar-refractivity contribution is 9.10. The standard InChI is InChI=1S/C19H13BrN4O/c20-14-4-6-15(7-5-14)23-17-8-9-22-18(11-17)19(25)24-16-3-1-2-13(10-16)12-21/h1-11H,(H,22,23)(H,24,25). The smallest absolute Gasteiger partial charge is 0.274 e. The quantitative estimate of drug-likeness (QED) is 0.673. The van der Waals surface area contributed by atoms with Crippen molar-refractivity contribution in [3.05, 3.63) is 82.6 Å². The number of benzene rings is 2. The van der Waals surface area contributed by atoms with Gasteiger partial charge in [-0.05, 0) is 54.6 Å². The SMILES string of the molecule is N#Cc1cccc(NC(=O)c2cc(Nc3ccc(Br)cc3)ccn2)c1. The van der Waals surface area contributed by atoms with Crippen LogP contribution in [-0.2, 0) is 0 Å². The largest absolute Gasteiger partial charge is 0.355 e. The third kappa shape index (κ3) is 4.43. The summed E-state index contributed by atoms with van der Waals surface area (Å²) in [5.41, 5.74) is 2.98. The summed E-state index contributed by atoms with van der Waals surface area (Å²) < 4.78 is 0.993. The van der Waals surface area contributed by atoms with Crippen molar-refractivity contribution in [3.63, 3.8) is 0 Å². The van der Waals surface area contributed by atoms with Crippen molar-refractivity contribution in [2.45, 2.75) is 0 Å². The first-order chi connectivity index (χ1) is 12.1. The highest BCUT2D eigenvalue weighted by atomic mass is 79.9. The molecule has 0 atom stereocenters. The molecule has 0 saturated carbocycles. The predicted octanol–water partition coefficient (Wildman–Crippen LogP) is 4.71. The van der Waals surface area contributed by atoms with Gasteiger partial charge in [0, 0.05) is 27.7 Å². The summed E-state index contributed by atoms with van der Waals surface area (Å²) in [5.74, 6) is -0.338.